The van der Waals surface area contributed by atoms with E-state index < -0.39 is 11.9 Å². The van der Waals surface area contributed by atoms with Crippen molar-refractivity contribution >= 4 is 17.6 Å². The molecule has 1 rings (SSSR count). The first-order valence-electron chi connectivity index (χ1n) is 4.21. The summed E-state index contributed by atoms with van der Waals surface area (Å²) in [4.78, 5) is 21.6. The van der Waals surface area contributed by atoms with E-state index in [0.717, 1.165) is 0 Å². The highest BCUT2D eigenvalue weighted by Crippen LogP contribution is 2.10. The molecule has 0 saturated heterocycles. The van der Waals surface area contributed by atoms with Crippen LogP contribution in [0.4, 0.5) is 10.5 Å². The fourth-order valence-electron chi connectivity index (χ4n) is 0.951. The maximum Gasteiger partial charge on any atom is 0.312 e. The van der Waals surface area contributed by atoms with Gasteiger partial charge >= 0.3 is 6.03 Å². The maximum atomic E-state index is 11.3. The van der Waals surface area contributed by atoms with Gasteiger partial charge in [0.15, 0.2) is 0 Å². The van der Waals surface area contributed by atoms with Crippen molar-refractivity contribution in [1.29, 1.82) is 0 Å². The smallest absolute Gasteiger partial charge is 0.312 e. The van der Waals surface area contributed by atoms with Crippen LogP contribution in [-0.4, -0.2) is 23.7 Å². The molecule has 0 spiro atoms. The number of nitrogens with one attached hydrogen (secondary N) is 1. The number of urea groups is 1. The van der Waals surface area contributed by atoms with Gasteiger partial charge in [-0.15, -0.1) is 0 Å². The summed E-state index contributed by atoms with van der Waals surface area (Å²) in [6, 6.07) is 7.40. The molecule has 0 radical (unpaired) electrons. The van der Waals surface area contributed by atoms with Gasteiger partial charge in [0.05, 0.1) is 5.69 Å². The van der Waals surface area contributed by atoms with Gasteiger partial charge in [0.2, 0.25) is 0 Å². The molecule has 0 bridgehead atoms. The number of benzene rings is 1. The van der Waals surface area contributed by atoms with Gasteiger partial charge in [-0.1, -0.05) is 18.2 Å². The molecule has 0 heterocycles. The molecule has 3 amide bonds. The Hall–Kier alpha value is -2.08. The summed E-state index contributed by atoms with van der Waals surface area (Å²) in [7, 11) is 0. The summed E-state index contributed by atoms with van der Waals surface area (Å²) < 4.78 is 0. The molecule has 4 N–H and O–H groups in total. The first-order valence-corrected chi connectivity index (χ1v) is 4.21. The topological polar surface area (TPSA) is 95.7 Å². The molecule has 6 heteroatoms. The van der Waals surface area contributed by atoms with E-state index >= 15 is 0 Å². The highest BCUT2D eigenvalue weighted by atomic mass is 16.5. The number of para-hydroxylation sites is 1. The minimum absolute atomic E-state index is 0.328. The lowest BCUT2D eigenvalue weighted by molar-refractivity contribution is -0.122. The van der Waals surface area contributed by atoms with Crippen molar-refractivity contribution in [2.75, 3.05) is 11.6 Å². The van der Waals surface area contributed by atoms with E-state index in [1.807, 2.05) is 0 Å². The summed E-state index contributed by atoms with van der Waals surface area (Å²) in [5, 5.41) is 11.9. The lowest BCUT2D eigenvalue weighted by Gasteiger charge is -2.14. The van der Waals surface area contributed by atoms with Gasteiger partial charge in [0, 0.05) is 0 Å². The number of anilines is 1. The third-order valence-electron chi connectivity index (χ3n) is 1.65. The van der Waals surface area contributed by atoms with E-state index in [4.69, 9.17) is 5.73 Å². The van der Waals surface area contributed by atoms with Gasteiger partial charge in [-0.05, 0) is 12.1 Å². The summed E-state index contributed by atoms with van der Waals surface area (Å²) in [6.07, 6.45) is 0. The third-order valence-corrected chi connectivity index (χ3v) is 1.65. The molecule has 15 heavy (non-hydrogen) atoms. The largest absolute Gasteiger partial charge is 0.352 e. The second-order valence-corrected chi connectivity index (χ2v) is 2.76. The molecule has 0 saturated carbocycles. The van der Waals surface area contributed by atoms with Gasteiger partial charge in [-0.25, -0.2) is 4.79 Å². The fraction of sp³-hybridized carbons (Fsp3) is 0.111. The van der Waals surface area contributed by atoms with E-state index in [9.17, 15) is 14.8 Å². The van der Waals surface area contributed by atoms with Crippen molar-refractivity contribution in [3.63, 3.8) is 0 Å². The molecular weight excluding hydrogens is 198 g/mol. The van der Waals surface area contributed by atoms with Crippen LogP contribution in [0.15, 0.2) is 30.3 Å². The Morgan fingerprint density at radius 2 is 1.93 bits per heavy atom. The number of carbonyl (C=O) groups is 2. The predicted octanol–water partition coefficient (Wildman–Crippen LogP) is 0.0771. The summed E-state index contributed by atoms with van der Waals surface area (Å²) in [6.45, 7) is -0.347. The van der Waals surface area contributed by atoms with E-state index in [1.165, 1.54) is 0 Å². The predicted molar refractivity (Wildman–Crippen MR) is 53.3 cm³/mol. The number of primary amides is 1. The lowest BCUT2D eigenvalue weighted by atomic mass is 10.3. The van der Waals surface area contributed by atoms with Crippen LogP contribution in [0.1, 0.15) is 0 Å². The van der Waals surface area contributed by atoms with Gasteiger partial charge in [0.1, 0.15) is 6.54 Å². The molecule has 0 aliphatic carbocycles. The molecule has 0 unspecified atom stereocenters. The average Bonchev–Trinajstić information content (AvgIpc) is 2.26. The van der Waals surface area contributed by atoms with Crippen molar-refractivity contribution < 1.29 is 14.8 Å². The Kier molecular flexibility index (Phi) is 3.64. The molecule has 0 aliphatic heterocycles. The SMILES string of the molecule is NC(=O)NCC(=O)N(O)c1ccccc1. The molecule has 6 nitrogen and oxygen atoms in total. The van der Waals surface area contributed by atoms with Crippen LogP contribution in [0.2, 0.25) is 0 Å². The zero-order chi connectivity index (χ0) is 11.3. The Labute approximate surface area is 86.2 Å². The maximum absolute atomic E-state index is 11.3. The monoisotopic (exact) mass is 209 g/mol. The Morgan fingerprint density at radius 1 is 1.33 bits per heavy atom. The summed E-state index contributed by atoms with van der Waals surface area (Å²) in [5.74, 6) is -0.667. The van der Waals surface area contributed by atoms with Gasteiger partial charge in [0.25, 0.3) is 5.91 Å². The molecule has 0 aliphatic rings. The van der Waals surface area contributed by atoms with Crippen LogP contribution in [0, 0.1) is 0 Å². The van der Waals surface area contributed by atoms with Gasteiger partial charge in [-0.2, -0.15) is 5.06 Å². The lowest BCUT2D eigenvalue weighted by Crippen LogP contribution is -2.40. The first-order chi connectivity index (χ1) is 7.11. The second-order valence-electron chi connectivity index (χ2n) is 2.76. The zero-order valence-corrected chi connectivity index (χ0v) is 7.88. The van der Waals surface area contributed by atoms with E-state index in [0.29, 0.717) is 10.8 Å². The standard InChI is InChI=1S/C9H11N3O3/c10-9(14)11-6-8(13)12(15)7-4-2-1-3-5-7/h1-5,15H,6H2,(H3,10,11,14). The highest BCUT2D eigenvalue weighted by Gasteiger charge is 2.12. The molecule has 0 atom stereocenters. The van der Waals surface area contributed by atoms with Crippen molar-refractivity contribution in [2.45, 2.75) is 0 Å². The second kappa shape index (κ2) is 4.97. The van der Waals surface area contributed by atoms with Crippen LogP contribution in [0.3, 0.4) is 0 Å². The number of hydrogen-bond acceptors (Lipinski definition) is 3. The number of rotatable bonds is 3. The normalized spacial score (nSPS) is 9.40. The highest BCUT2D eigenvalue weighted by molar-refractivity contribution is 5.94. The fourth-order valence-corrected chi connectivity index (χ4v) is 0.951. The van der Waals surface area contributed by atoms with Gasteiger partial charge < -0.3 is 11.1 Å². The Balaban J connectivity index is 2.57. The van der Waals surface area contributed by atoms with Gasteiger partial charge in [-0.3, -0.25) is 10.0 Å². The van der Waals surface area contributed by atoms with Crippen LogP contribution in [0.25, 0.3) is 0 Å². The van der Waals surface area contributed by atoms with Crippen molar-refractivity contribution in [3.05, 3.63) is 30.3 Å². The molecular formula is C9H11N3O3. The quantitative estimate of drug-likeness (QED) is 0.485. The number of carbonyl (C=O) groups excluding carboxylic acids is 2. The minimum Gasteiger partial charge on any atom is -0.352 e. The number of hydrogen-bond donors (Lipinski definition) is 3. The summed E-state index contributed by atoms with van der Waals surface area (Å²) >= 11 is 0. The Morgan fingerprint density at radius 3 is 2.47 bits per heavy atom. The van der Waals surface area contributed by atoms with Crippen LogP contribution in [0.5, 0.6) is 0 Å². The number of hydroxylamine groups is 1. The number of amides is 3. The molecule has 1 aromatic carbocycles. The van der Waals surface area contributed by atoms with Crippen molar-refractivity contribution in [3.8, 4) is 0 Å². The van der Waals surface area contributed by atoms with E-state index in [1.54, 1.807) is 30.3 Å². The molecule has 0 aromatic heterocycles. The van der Waals surface area contributed by atoms with E-state index in [2.05, 4.69) is 5.32 Å². The number of nitrogens with two attached hydrogens (primary N) is 1. The minimum atomic E-state index is -0.815. The van der Waals surface area contributed by atoms with Crippen LogP contribution >= 0.6 is 0 Å². The number of nitrogens with zero attached hydrogens (tertiary/aromatic N) is 1. The van der Waals surface area contributed by atoms with E-state index in [-0.39, 0.29) is 6.54 Å². The first kappa shape index (κ1) is 11.0. The third kappa shape index (κ3) is 3.28. The van der Waals surface area contributed by atoms with Crippen LogP contribution in [-0.2, 0) is 4.79 Å². The Bertz CT molecular complexity index is 353. The van der Waals surface area contributed by atoms with Crippen molar-refractivity contribution in [2.24, 2.45) is 5.73 Å². The molecule has 0 fully saturated rings. The zero-order valence-electron chi connectivity index (χ0n) is 7.88. The van der Waals surface area contributed by atoms with Crippen LogP contribution < -0.4 is 16.1 Å². The summed E-state index contributed by atoms with van der Waals surface area (Å²) in [5.41, 5.74) is 5.10. The molecule has 80 valence electrons. The average molecular weight is 209 g/mol. The van der Waals surface area contributed by atoms with Crippen molar-refractivity contribution in [1.82, 2.24) is 5.32 Å². The molecule has 1 aromatic rings.